The zero-order valence-electron chi connectivity index (χ0n) is 7.52. The van der Waals surface area contributed by atoms with Gasteiger partial charge in [-0.2, -0.15) is 0 Å². The molecular formula is C9H11ClN2O. The average Bonchev–Trinajstić information content (AvgIpc) is 2.13. The molecule has 70 valence electrons. The quantitative estimate of drug-likeness (QED) is 0.674. The molecule has 0 saturated carbocycles. The van der Waals surface area contributed by atoms with Crippen LogP contribution in [-0.4, -0.2) is 13.0 Å². The van der Waals surface area contributed by atoms with Gasteiger partial charge in [0.1, 0.15) is 0 Å². The number of nitrogens with one attached hydrogen (secondary N) is 1. The van der Waals surface area contributed by atoms with Crippen molar-refractivity contribution < 1.29 is 4.79 Å². The molecule has 0 aliphatic rings. The molecule has 0 radical (unpaired) electrons. The number of rotatable bonds is 1. The van der Waals surface area contributed by atoms with E-state index in [1.165, 1.54) is 0 Å². The smallest absolute Gasteiger partial charge is 0.253 e. The summed E-state index contributed by atoms with van der Waals surface area (Å²) in [5, 5.41) is 3.08. The summed E-state index contributed by atoms with van der Waals surface area (Å²) in [4.78, 5) is 11.3. The fourth-order valence-corrected chi connectivity index (χ4v) is 1.20. The molecule has 0 aliphatic carbocycles. The summed E-state index contributed by atoms with van der Waals surface area (Å²) >= 11 is 5.82. The summed E-state index contributed by atoms with van der Waals surface area (Å²) < 4.78 is 0. The molecule has 0 spiro atoms. The molecule has 0 atom stereocenters. The molecule has 0 saturated heterocycles. The largest absolute Gasteiger partial charge is 0.398 e. The number of carbonyl (C=O) groups is 1. The van der Waals surface area contributed by atoms with E-state index in [0.717, 1.165) is 5.56 Å². The van der Waals surface area contributed by atoms with Crippen LogP contribution in [0.1, 0.15) is 15.9 Å². The predicted octanol–water partition coefficient (Wildman–Crippen LogP) is 1.59. The van der Waals surface area contributed by atoms with Crippen LogP contribution in [0.5, 0.6) is 0 Å². The number of nitrogens with two attached hydrogens (primary N) is 1. The molecule has 1 amide bonds. The minimum absolute atomic E-state index is 0.197. The topological polar surface area (TPSA) is 55.1 Å². The Morgan fingerprint density at radius 1 is 1.54 bits per heavy atom. The van der Waals surface area contributed by atoms with Crippen LogP contribution in [0.2, 0.25) is 5.02 Å². The number of hydrogen-bond donors (Lipinski definition) is 2. The van der Waals surface area contributed by atoms with E-state index in [4.69, 9.17) is 17.3 Å². The van der Waals surface area contributed by atoms with Crippen LogP contribution >= 0.6 is 11.6 Å². The molecule has 0 aliphatic heterocycles. The second kappa shape index (κ2) is 3.66. The van der Waals surface area contributed by atoms with Gasteiger partial charge in [0.2, 0.25) is 0 Å². The fourth-order valence-electron chi connectivity index (χ4n) is 1.03. The second-order valence-electron chi connectivity index (χ2n) is 2.71. The highest BCUT2D eigenvalue weighted by atomic mass is 35.5. The average molecular weight is 199 g/mol. The minimum atomic E-state index is -0.197. The van der Waals surface area contributed by atoms with Gasteiger partial charge in [-0.15, -0.1) is 0 Å². The minimum Gasteiger partial charge on any atom is -0.398 e. The van der Waals surface area contributed by atoms with Crippen LogP contribution in [0.3, 0.4) is 0 Å². The van der Waals surface area contributed by atoms with Crippen LogP contribution in [0.4, 0.5) is 5.69 Å². The molecule has 1 aromatic rings. The lowest BCUT2D eigenvalue weighted by Crippen LogP contribution is -2.19. The number of benzene rings is 1. The summed E-state index contributed by atoms with van der Waals surface area (Å²) in [6, 6.07) is 3.28. The van der Waals surface area contributed by atoms with Crippen molar-refractivity contribution in [1.29, 1.82) is 0 Å². The number of nitrogen functional groups attached to an aromatic ring is 1. The van der Waals surface area contributed by atoms with Crippen molar-refractivity contribution in [3.05, 3.63) is 28.3 Å². The molecule has 0 unspecified atom stereocenters. The summed E-state index contributed by atoms with van der Waals surface area (Å²) in [5.41, 5.74) is 7.35. The number of halogens is 1. The van der Waals surface area contributed by atoms with Crippen LogP contribution in [-0.2, 0) is 0 Å². The maximum absolute atomic E-state index is 11.3. The Hall–Kier alpha value is -1.22. The molecule has 0 aromatic heterocycles. The lowest BCUT2D eigenvalue weighted by Gasteiger charge is -2.07. The number of hydrogen-bond acceptors (Lipinski definition) is 2. The van der Waals surface area contributed by atoms with E-state index in [1.807, 2.05) is 0 Å². The van der Waals surface area contributed by atoms with Crippen molar-refractivity contribution in [2.24, 2.45) is 0 Å². The van der Waals surface area contributed by atoms with Crippen LogP contribution in [0, 0.1) is 6.92 Å². The number of amides is 1. The molecule has 0 heterocycles. The highest BCUT2D eigenvalue weighted by Gasteiger charge is 2.10. The molecule has 1 aromatic carbocycles. The van der Waals surface area contributed by atoms with Crippen LogP contribution in [0.15, 0.2) is 12.1 Å². The van der Waals surface area contributed by atoms with Crippen LogP contribution < -0.4 is 11.1 Å². The van der Waals surface area contributed by atoms with Gasteiger partial charge in [0, 0.05) is 17.8 Å². The SMILES string of the molecule is CNC(=O)c1ccc(Cl)c(C)c1N. The number of anilines is 1. The van der Waals surface area contributed by atoms with Crippen molar-refractivity contribution in [3.63, 3.8) is 0 Å². The van der Waals surface area contributed by atoms with Gasteiger partial charge in [-0.05, 0) is 24.6 Å². The Balaban J connectivity index is 3.26. The molecule has 13 heavy (non-hydrogen) atoms. The van der Waals surface area contributed by atoms with Crippen molar-refractivity contribution in [3.8, 4) is 0 Å². The Kier molecular flexibility index (Phi) is 2.78. The normalized spacial score (nSPS) is 9.77. The summed E-state index contributed by atoms with van der Waals surface area (Å²) in [6.45, 7) is 1.78. The third kappa shape index (κ3) is 1.75. The first-order valence-electron chi connectivity index (χ1n) is 3.84. The van der Waals surface area contributed by atoms with Crippen molar-refractivity contribution in [1.82, 2.24) is 5.32 Å². The van der Waals surface area contributed by atoms with E-state index < -0.39 is 0 Å². The van der Waals surface area contributed by atoms with Gasteiger partial charge in [0.15, 0.2) is 0 Å². The van der Waals surface area contributed by atoms with E-state index in [1.54, 1.807) is 26.1 Å². The van der Waals surface area contributed by atoms with Gasteiger partial charge in [-0.3, -0.25) is 4.79 Å². The zero-order valence-corrected chi connectivity index (χ0v) is 8.27. The molecule has 3 nitrogen and oxygen atoms in total. The molecular weight excluding hydrogens is 188 g/mol. The molecule has 0 bridgehead atoms. The lowest BCUT2D eigenvalue weighted by molar-refractivity contribution is 0.0964. The molecule has 1 rings (SSSR count). The van der Waals surface area contributed by atoms with E-state index in [-0.39, 0.29) is 5.91 Å². The Morgan fingerprint density at radius 2 is 2.15 bits per heavy atom. The Labute approximate surface area is 81.9 Å². The van der Waals surface area contributed by atoms with Gasteiger partial charge in [0.25, 0.3) is 5.91 Å². The van der Waals surface area contributed by atoms with E-state index in [0.29, 0.717) is 16.3 Å². The third-order valence-electron chi connectivity index (χ3n) is 1.92. The van der Waals surface area contributed by atoms with Gasteiger partial charge in [-0.25, -0.2) is 0 Å². The second-order valence-corrected chi connectivity index (χ2v) is 3.12. The van der Waals surface area contributed by atoms with Crippen molar-refractivity contribution in [2.75, 3.05) is 12.8 Å². The van der Waals surface area contributed by atoms with Crippen molar-refractivity contribution in [2.45, 2.75) is 6.92 Å². The van der Waals surface area contributed by atoms with E-state index in [2.05, 4.69) is 5.32 Å². The maximum Gasteiger partial charge on any atom is 0.253 e. The first-order chi connectivity index (χ1) is 6.07. The number of carbonyl (C=O) groups excluding carboxylic acids is 1. The van der Waals surface area contributed by atoms with Crippen LogP contribution in [0.25, 0.3) is 0 Å². The molecule has 3 N–H and O–H groups in total. The highest BCUT2D eigenvalue weighted by molar-refractivity contribution is 6.32. The molecule has 4 heteroatoms. The standard InChI is InChI=1S/C9H11ClN2O/c1-5-7(10)4-3-6(8(5)11)9(13)12-2/h3-4H,11H2,1-2H3,(H,12,13). The zero-order chi connectivity index (χ0) is 10.0. The predicted molar refractivity (Wildman–Crippen MR) is 54.0 cm³/mol. The van der Waals surface area contributed by atoms with Gasteiger partial charge in [0.05, 0.1) is 5.56 Å². The van der Waals surface area contributed by atoms with E-state index >= 15 is 0 Å². The summed E-state index contributed by atoms with van der Waals surface area (Å²) in [5.74, 6) is -0.197. The Bertz CT molecular complexity index is 350. The summed E-state index contributed by atoms with van der Waals surface area (Å²) in [7, 11) is 1.56. The first-order valence-corrected chi connectivity index (χ1v) is 4.22. The van der Waals surface area contributed by atoms with Gasteiger partial charge < -0.3 is 11.1 Å². The summed E-state index contributed by atoms with van der Waals surface area (Å²) in [6.07, 6.45) is 0. The van der Waals surface area contributed by atoms with Gasteiger partial charge in [-0.1, -0.05) is 11.6 Å². The third-order valence-corrected chi connectivity index (χ3v) is 2.33. The molecule has 0 fully saturated rings. The highest BCUT2D eigenvalue weighted by Crippen LogP contribution is 2.24. The Morgan fingerprint density at radius 3 is 2.69 bits per heavy atom. The lowest BCUT2D eigenvalue weighted by atomic mass is 10.1. The van der Waals surface area contributed by atoms with E-state index in [9.17, 15) is 4.79 Å². The van der Waals surface area contributed by atoms with Crippen molar-refractivity contribution >= 4 is 23.2 Å². The van der Waals surface area contributed by atoms with Gasteiger partial charge >= 0.3 is 0 Å². The first kappa shape index (κ1) is 9.86. The fraction of sp³-hybridized carbons (Fsp3) is 0.222. The maximum atomic E-state index is 11.3. The monoisotopic (exact) mass is 198 g/mol.